The number of carboxylic acids is 1. The van der Waals surface area contributed by atoms with Gasteiger partial charge in [-0.05, 0) is 44.7 Å². The van der Waals surface area contributed by atoms with Crippen LogP contribution < -0.4 is 15.8 Å². The van der Waals surface area contributed by atoms with E-state index in [2.05, 4.69) is 10.4 Å². The molecule has 1 saturated heterocycles. The van der Waals surface area contributed by atoms with E-state index in [9.17, 15) is 33.9 Å². The molecule has 1 saturated carbocycles. The smallest absolute Gasteiger partial charge is 0.481 e. The van der Waals surface area contributed by atoms with E-state index in [0.717, 1.165) is 4.90 Å². The number of nitrogens with zero attached hydrogens (tertiary/aromatic N) is 5. The normalized spacial score (nSPS) is 16.3. The van der Waals surface area contributed by atoms with Crippen molar-refractivity contribution in [2.24, 2.45) is 5.73 Å². The molecule has 17 heteroatoms. The number of carbonyl (C=O) groups excluding carboxylic acids is 5. The van der Waals surface area contributed by atoms with E-state index in [1.165, 1.54) is 27.8 Å². The molecule has 4 rings (SSSR count). The second-order valence-corrected chi connectivity index (χ2v) is 10.8. The molecular weight excluding hydrogens is 606 g/mol. The summed E-state index contributed by atoms with van der Waals surface area (Å²) in [6.45, 7) is 2.43. The third-order valence-corrected chi connectivity index (χ3v) is 7.66. The van der Waals surface area contributed by atoms with Crippen LogP contribution in [-0.4, -0.2) is 117 Å². The first-order valence-corrected chi connectivity index (χ1v) is 14.8. The lowest BCUT2D eigenvalue weighted by Crippen LogP contribution is -2.58. The Labute approximate surface area is 264 Å². The summed E-state index contributed by atoms with van der Waals surface area (Å²) in [5, 5.41) is 17.6. The number of primary amides is 1. The van der Waals surface area contributed by atoms with E-state index in [0.29, 0.717) is 24.9 Å². The minimum atomic E-state index is -1.40. The van der Waals surface area contributed by atoms with E-state index >= 15 is 0 Å². The van der Waals surface area contributed by atoms with E-state index in [-0.39, 0.29) is 50.8 Å². The molecule has 46 heavy (non-hydrogen) atoms. The molecule has 5 amide bonds. The molecule has 4 N–H and O–H groups in total. The van der Waals surface area contributed by atoms with E-state index in [4.69, 9.17) is 20.0 Å². The molecule has 0 unspecified atom stereocenters. The van der Waals surface area contributed by atoms with Crippen LogP contribution in [0.2, 0.25) is 0 Å². The highest BCUT2D eigenvalue weighted by molar-refractivity contribution is 5.99. The van der Waals surface area contributed by atoms with Gasteiger partial charge < -0.3 is 35.4 Å². The number of ether oxygens (including phenoxy) is 2. The number of rotatable bonds is 12. The lowest BCUT2D eigenvalue weighted by molar-refractivity contribution is -0.157. The molecule has 17 nitrogen and oxygen atoms in total. The highest BCUT2D eigenvalue weighted by Crippen LogP contribution is 2.39. The van der Waals surface area contributed by atoms with Crippen molar-refractivity contribution < 1.29 is 48.2 Å². The number of hydrogen-bond acceptors (Lipinski definition) is 11. The average molecular weight is 644 g/mol. The van der Waals surface area contributed by atoms with Gasteiger partial charge in [0, 0.05) is 32.6 Å². The van der Waals surface area contributed by atoms with Crippen molar-refractivity contribution in [3.05, 3.63) is 42.1 Å². The van der Waals surface area contributed by atoms with Gasteiger partial charge in [-0.25, -0.2) is 14.3 Å². The highest BCUT2D eigenvalue weighted by atomic mass is 16.8. The van der Waals surface area contributed by atoms with Crippen LogP contribution in [0.3, 0.4) is 0 Å². The second-order valence-electron chi connectivity index (χ2n) is 10.8. The Morgan fingerprint density at radius 3 is 2.33 bits per heavy atom. The van der Waals surface area contributed by atoms with Gasteiger partial charge in [-0.15, -0.1) is 5.06 Å². The van der Waals surface area contributed by atoms with Gasteiger partial charge in [0.25, 0.3) is 11.8 Å². The Hall–Kier alpha value is -5.19. The van der Waals surface area contributed by atoms with Gasteiger partial charge >= 0.3 is 18.2 Å². The Balaban J connectivity index is 1.54. The molecule has 0 spiro atoms. The average Bonchev–Trinajstić information content (AvgIpc) is 3.44. The topological polar surface area (TPSA) is 216 Å². The molecular formula is C29H37N7O10. The molecule has 2 aromatic rings. The van der Waals surface area contributed by atoms with Gasteiger partial charge in [-0.3, -0.25) is 24.1 Å². The lowest BCUT2D eigenvalue weighted by atomic mass is 9.79. The quantitative estimate of drug-likeness (QED) is 0.275. The van der Waals surface area contributed by atoms with E-state index < -0.39 is 53.9 Å². The summed E-state index contributed by atoms with van der Waals surface area (Å²) >= 11 is 0. The van der Waals surface area contributed by atoms with Crippen molar-refractivity contribution in [1.82, 2.24) is 30.0 Å². The number of imide groups is 1. The number of likely N-dealkylation sites (N-methyl/N-ethyl adjacent to an activating group) is 1. The number of carbonyl (C=O) groups is 6. The number of benzene rings is 1. The van der Waals surface area contributed by atoms with Gasteiger partial charge in [0.15, 0.2) is 11.3 Å². The Morgan fingerprint density at radius 2 is 1.76 bits per heavy atom. The van der Waals surface area contributed by atoms with Crippen LogP contribution in [0.15, 0.2) is 36.4 Å². The first-order chi connectivity index (χ1) is 21.9. The monoisotopic (exact) mass is 643 g/mol. The highest BCUT2D eigenvalue weighted by Gasteiger charge is 2.50. The summed E-state index contributed by atoms with van der Waals surface area (Å²) in [6.07, 6.45) is -0.197. The summed E-state index contributed by atoms with van der Waals surface area (Å²) < 4.78 is 12.3. The van der Waals surface area contributed by atoms with Crippen molar-refractivity contribution >= 4 is 35.9 Å². The molecule has 1 aliphatic carbocycles. The number of amides is 5. The molecule has 1 aromatic heterocycles. The molecule has 248 valence electrons. The molecule has 0 radical (unpaired) electrons. The number of para-hydroxylation sites is 1. The van der Waals surface area contributed by atoms with Gasteiger partial charge in [0.2, 0.25) is 11.8 Å². The number of aromatic nitrogens is 2. The number of aliphatic carboxylic acids is 1. The van der Waals surface area contributed by atoms with Crippen LogP contribution in [0.1, 0.15) is 49.5 Å². The van der Waals surface area contributed by atoms with Gasteiger partial charge in [-0.2, -0.15) is 5.10 Å². The molecule has 2 aliphatic rings. The fraction of sp³-hybridized carbons (Fsp3) is 0.483. The zero-order valence-corrected chi connectivity index (χ0v) is 25.5. The number of carboxylic acid groups (broad SMARTS) is 1. The lowest BCUT2D eigenvalue weighted by Gasteiger charge is -2.41. The van der Waals surface area contributed by atoms with Crippen molar-refractivity contribution in [3.8, 4) is 11.6 Å². The third kappa shape index (κ3) is 7.90. The first kappa shape index (κ1) is 33.7. The van der Waals surface area contributed by atoms with E-state index in [1.54, 1.807) is 37.3 Å². The van der Waals surface area contributed by atoms with Crippen LogP contribution in [0.5, 0.6) is 5.88 Å². The van der Waals surface area contributed by atoms with Gasteiger partial charge in [-0.1, -0.05) is 18.2 Å². The zero-order chi connectivity index (χ0) is 33.4. The maximum Gasteiger partial charge on any atom is 0.527 e. The van der Waals surface area contributed by atoms with Crippen molar-refractivity contribution in [3.63, 3.8) is 0 Å². The first-order valence-electron chi connectivity index (χ1n) is 14.8. The molecule has 1 aromatic carbocycles. The number of piperazine rings is 1. The number of hydroxylamine groups is 2. The largest absolute Gasteiger partial charge is 0.527 e. The summed E-state index contributed by atoms with van der Waals surface area (Å²) in [7, 11) is 1.25. The summed E-state index contributed by atoms with van der Waals surface area (Å²) in [4.78, 5) is 82.1. The predicted octanol–water partition coefficient (Wildman–Crippen LogP) is 0.906. The molecule has 2 fully saturated rings. The molecule has 0 bridgehead atoms. The fourth-order valence-corrected chi connectivity index (χ4v) is 4.99. The fourth-order valence-electron chi connectivity index (χ4n) is 4.99. The zero-order valence-electron chi connectivity index (χ0n) is 25.5. The summed E-state index contributed by atoms with van der Waals surface area (Å²) in [5.74, 6) is -3.05. The minimum Gasteiger partial charge on any atom is -0.481 e. The predicted molar refractivity (Wildman–Crippen MR) is 158 cm³/mol. The van der Waals surface area contributed by atoms with Crippen molar-refractivity contribution in [2.45, 2.75) is 50.7 Å². The van der Waals surface area contributed by atoms with Crippen LogP contribution in [-0.2, 0) is 24.0 Å². The number of nitrogens with one attached hydrogen (secondary N) is 1. The number of urea groups is 1. The van der Waals surface area contributed by atoms with Crippen molar-refractivity contribution in [1.29, 1.82) is 0 Å². The van der Waals surface area contributed by atoms with Crippen LogP contribution in [0.25, 0.3) is 5.69 Å². The van der Waals surface area contributed by atoms with Gasteiger partial charge in [0.05, 0.1) is 25.4 Å². The Kier molecular flexibility index (Phi) is 10.8. The minimum absolute atomic E-state index is 0.0356. The molecule has 1 aliphatic heterocycles. The number of nitrogens with two attached hydrogens (primary N) is 1. The number of hydrogen-bond donors (Lipinski definition) is 3. The molecule has 1 atom stereocenters. The van der Waals surface area contributed by atoms with Crippen LogP contribution in [0.4, 0.5) is 9.59 Å². The second kappa shape index (κ2) is 14.7. The van der Waals surface area contributed by atoms with E-state index in [1.807, 2.05) is 0 Å². The van der Waals surface area contributed by atoms with Crippen molar-refractivity contribution in [2.75, 3.05) is 39.8 Å². The standard InChI is InChI=1S/C29H37N7O10/c1-3-44-28(43)46-35-16-14-34(15-17-35)25(40)20(10-11-23(37)38)31-24(39)21-18-22(36(32-21)19-8-5-4-6-9-19)45-29(12-7-13-29)26(41)33(2)27(30)42/h4-6,8-9,18,20H,3,7,10-17H2,1-2H3,(H2,30,42)(H,31,39)(H,37,38)/t20-/m0/s1. The van der Waals surface area contributed by atoms with Crippen LogP contribution in [0, 0.1) is 0 Å². The molecule has 2 heterocycles. The van der Waals surface area contributed by atoms with Gasteiger partial charge in [0.1, 0.15) is 6.04 Å². The van der Waals surface area contributed by atoms with Crippen LogP contribution >= 0.6 is 0 Å². The summed E-state index contributed by atoms with van der Waals surface area (Å²) in [6, 6.07) is 7.82. The maximum absolute atomic E-state index is 13.5. The maximum atomic E-state index is 13.5. The summed E-state index contributed by atoms with van der Waals surface area (Å²) in [5.41, 5.74) is 4.26. The third-order valence-electron chi connectivity index (χ3n) is 7.66. The Morgan fingerprint density at radius 1 is 1.09 bits per heavy atom. The SMILES string of the molecule is CCOC(=O)ON1CCN(C(=O)[C@H](CCC(=O)O)NC(=O)c2cc(OC3(C(=O)N(C)C(N)=O)CCC3)n(-c3ccccc3)n2)CC1. The Bertz CT molecular complexity index is 1450.